The number of nitrogens with zero attached hydrogens (tertiary/aromatic N) is 3. The van der Waals surface area contributed by atoms with E-state index in [1.54, 1.807) is 0 Å². The minimum atomic E-state index is 0.702. The third-order valence-corrected chi connectivity index (χ3v) is 9.36. The zero-order valence-electron chi connectivity index (χ0n) is 27.3. The summed E-state index contributed by atoms with van der Waals surface area (Å²) in [4.78, 5) is 4.87. The Balaban J connectivity index is 1.43. The van der Waals surface area contributed by atoms with Crippen molar-refractivity contribution in [3.8, 4) is 0 Å². The molecule has 0 aliphatic rings. The van der Waals surface area contributed by atoms with Gasteiger partial charge in [-0.2, -0.15) is 0 Å². The SMILES string of the molecule is Cc1c(C)c(N(c2ccccc2)c2ccc3ccccc3c2)n(Cc2ccccc2)c1N(c1ccccc1)c1ccc2ccccc2c1. The Hall–Kier alpha value is -6.06. The van der Waals surface area contributed by atoms with Gasteiger partial charge in [0.2, 0.25) is 0 Å². The van der Waals surface area contributed by atoms with Crippen molar-refractivity contribution in [1.29, 1.82) is 0 Å². The minimum absolute atomic E-state index is 0.702. The van der Waals surface area contributed by atoms with Crippen molar-refractivity contribution in [2.45, 2.75) is 20.4 Å². The average Bonchev–Trinajstić information content (AvgIpc) is 3.37. The Morgan fingerprint density at radius 3 is 1.19 bits per heavy atom. The summed E-state index contributed by atoms with van der Waals surface area (Å²) in [7, 11) is 0. The average molecular weight is 620 g/mol. The third-order valence-electron chi connectivity index (χ3n) is 9.36. The molecule has 48 heavy (non-hydrogen) atoms. The minimum Gasteiger partial charge on any atom is -0.308 e. The summed E-state index contributed by atoms with van der Waals surface area (Å²) in [6.45, 7) is 5.25. The number of hydrogen-bond acceptors (Lipinski definition) is 2. The quantitative estimate of drug-likeness (QED) is 0.168. The molecule has 0 unspecified atom stereocenters. The number of rotatable bonds is 8. The first-order valence-electron chi connectivity index (χ1n) is 16.6. The topological polar surface area (TPSA) is 11.4 Å². The van der Waals surface area contributed by atoms with E-state index in [0.717, 1.165) is 34.4 Å². The number of fused-ring (bicyclic) bond motifs is 2. The Morgan fingerprint density at radius 2 is 0.750 bits per heavy atom. The number of hydrogen-bond donors (Lipinski definition) is 0. The molecule has 3 nitrogen and oxygen atoms in total. The van der Waals surface area contributed by atoms with Crippen molar-refractivity contribution in [2.75, 3.05) is 9.80 Å². The maximum atomic E-state index is 2.52. The van der Waals surface area contributed by atoms with Gasteiger partial charge in [0.1, 0.15) is 11.6 Å². The molecule has 0 radical (unpaired) electrons. The van der Waals surface area contributed by atoms with Crippen molar-refractivity contribution in [3.05, 3.63) is 193 Å². The lowest BCUT2D eigenvalue weighted by molar-refractivity contribution is 0.795. The van der Waals surface area contributed by atoms with Gasteiger partial charge in [-0.3, -0.25) is 9.80 Å². The normalized spacial score (nSPS) is 11.2. The van der Waals surface area contributed by atoms with Crippen molar-refractivity contribution in [2.24, 2.45) is 0 Å². The maximum Gasteiger partial charge on any atom is 0.122 e. The molecule has 0 saturated heterocycles. The van der Waals surface area contributed by atoms with Crippen LogP contribution in [0, 0.1) is 13.8 Å². The molecule has 0 fully saturated rings. The van der Waals surface area contributed by atoms with Crippen LogP contribution in [0.5, 0.6) is 0 Å². The van der Waals surface area contributed by atoms with Crippen molar-refractivity contribution < 1.29 is 0 Å². The molecule has 0 bridgehead atoms. The molecule has 0 saturated carbocycles. The molecule has 3 heteroatoms. The van der Waals surface area contributed by atoms with Gasteiger partial charge < -0.3 is 4.57 Å². The van der Waals surface area contributed by atoms with Gasteiger partial charge in [-0.05, 0) is 101 Å². The first kappa shape index (κ1) is 29.3. The van der Waals surface area contributed by atoms with Crippen LogP contribution < -0.4 is 9.80 Å². The first-order chi connectivity index (χ1) is 23.7. The molecule has 0 amide bonds. The molecule has 1 heterocycles. The van der Waals surface area contributed by atoms with E-state index in [9.17, 15) is 0 Å². The van der Waals surface area contributed by atoms with E-state index in [1.807, 2.05) is 0 Å². The predicted molar refractivity (Wildman–Crippen MR) is 204 cm³/mol. The summed E-state index contributed by atoms with van der Waals surface area (Å²) in [6.07, 6.45) is 0. The van der Waals surface area contributed by atoms with Crippen molar-refractivity contribution in [3.63, 3.8) is 0 Å². The zero-order chi connectivity index (χ0) is 32.5. The van der Waals surface area contributed by atoms with Gasteiger partial charge in [0.15, 0.2) is 0 Å². The summed E-state index contributed by atoms with van der Waals surface area (Å²) in [5.74, 6) is 2.30. The molecule has 8 aromatic rings. The molecule has 0 aliphatic heterocycles. The third kappa shape index (κ3) is 5.40. The summed E-state index contributed by atoms with van der Waals surface area (Å²) in [6, 6.07) is 63.1. The standard InChI is InChI=1S/C45H37N3/c1-33-34(2)45(48(41-24-10-5-11-25-41)43-29-27-37-19-13-15-21-39(37)31-43)46(32-35-16-6-3-7-17-35)44(33)47(40-22-8-4-9-23-40)42-28-26-36-18-12-14-20-38(36)30-42/h3-31H,32H2,1-2H3. The molecule has 0 atom stereocenters. The van der Waals surface area contributed by atoms with Crippen molar-refractivity contribution in [1.82, 2.24) is 4.57 Å². The highest BCUT2D eigenvalue weighted by Crippen LogP contribution is 2.47. The largest absolute Gasteiger partial charge is 0.308 e. The maximum absolute atomic E-state index is 2.52. The number of para-hydroxylation sites is 2. The van der Waals surface area contributed by atoms with Crippen LogP contribution in [0.15, 0.2) is 176 Å². The van der Waals surface area contributed by atoms with Gasteiger partial charge in [-0.1, -0.05) is 127 Å². The monoisotopic (exact) mass is 619 g/mol. The lowest BCUT2D eigenvalue weighted by atomic mass is 10.1. The van der Waals surface area contributed by atoms with Gasteiger partial charge in [0.25, 0.3) is 0 Å². The van der Waals surface area contributed by atoms with E-state index in [0.29, 0.717) is 6.54 Å². The number of benzene rings is 7. The smallest absolute Gasteiger partial charge is 0.122 e. The summed E-state index contributed by atoms with van der Waals surface area (Å²) < 4.78 is 2.52. The molecule has 1 aromatic heterocycles. The lowest BCUT2D eigenvalue weighted by Crippen LogP contribution is -2.20. The van der Waals surface area contributed by atoms with Crippen LogP contribution in [0.1, 0.15) is 16.7 Å². The summed E-state index contributed by atoms with van der Waals surface area (Å²) in [5.41, 5.74) is 8.20. The van der Waals surface area contributed by atoms with Crippen molar-refractivity contribution >= 4 is 55.9 Å². The van der Waals surface area contributed by atoms with Gasteiger partial charge in [0, 0.05) is 22.7 Å². The van der Waals surface area contributed by atoms with E-state index >= 15 is 0 Å². The van der Waals surface area contributed by atoms with E-state index in [2.05, 4.69) is 204 Å². The molecule has 0 spiro atoms. The molecular formula is C45H37N3. The van der Waals surface area contributed by atoms with Crippen LogP contribution in [0.25, 0.3) is 21.5 Å². The second kappa shape index (κ2) is 12.6. The van der Waals surface area contributed by atoms with Gasteiger partial charge in [0.05, 0.1) is 6.54 Å². The van der Waals surface area contributed by atoms with Gasteiger partial charge in [-0.25, -0.2) is 0 Å². The Bertz CT molecular complexity index is 2190. The van der Waals surface area contributed by atoms with Crippen LogP contribution in [0.4, 0.5) is 34.4 Å². The fourth-order valence-electron chi connectivity index (χ4n) is 6.91. The van der Waals surface area contributed by atoms with Crippen LogP contribution in [-0.2, 0) is 6.54 Å². The second-order valence-electron chi connectivity index (χ2n) is 12.4. The highest BCUT2D eigenvalue weighted by atomic mass is 15.3. The molecule has 0 aliphatic carbocycles. The molecule has 0 N–H and O–H groups in total. The van der Waals surface area contributed by atoms with Crippen LogP contribution >= 0.6 is 0 Å². The fraction of sp³-hybridized carbons (Fsp3) is 0.0667. The highest BCUT2D eigenvalue weighted by Gasteiger charge is 2.29. The van der Waals surface area contributed by atoms with E-state index in [1.165, 1.54) is 38.2 Å². The Kier molecular flexibility index (Phi) is 7.72. The number of anilines is 6. The number of aromatic nitrogens is 1. The Labute approximate surface area is 282 Å². The second-order valence-corrected chi connectivity index (χ2v) is 12.4. The summed E-state index contributed by atoms with van der Waals surface area (Å²) >= 11 is 0. The van der Waals surface area contributed by atoms with Crippen LogP contribution in [0.2, 0.25) is 0 Å². The van der Waals surface area contributed by atoms with Crippen LogP contribution in [-0.4, -0.2) is 4.57 Å². The van der Waals surface area contributed by atoms with Gasteiger partial charge >= 0.3 is 0 Å². The molecule has 7 aromatic carbocycles. The molecule has 8 rings (SSSR count). The Morgan fingerprint density at radius 1 is 0.375 bits per heavy atom. The molecule has 232 valence electrons. The zero-order valence-corrected chi connectivity index (χ0v) is 27.3. The summed E-state index contributed by atoms with van der Waals surface area (Å²) in [5, 5.41) is 4.89. The van der Waals surface area contributed by atoms with Gasteiger partial charge in [-0.15, -0.1) is 0 Å². The first-order valence-corrected chi connectivity index (χ1v) is 16.6. The highest BCUT2D eigenvalue weighted by molar-refractivity contribution is 5.92. The predicted octanol–water partition coefficient (Wildman–Crippen LogP) is 12.4. The molecular weight excluding hydrogens is 583 g/mol. The lowest BCUT2D eigenvalue weighted by Gasteiger charge is -2.31. The van der Waals surface area contributed by atoms with Crippen LogP contribution in [0.3, 0.4) is 0 Å². The van der Waals surface area contributed by atoms with E-state index in [-0.39, 0.29) is 0 Å². The van der Waals surface area contributed by atoms with E-state index < -0.39 is 0 Å². The fourth-order valence-corrected chi connectivity index (χ4v) is 6.91. The van der Waals surface area contributed by atoms with E-state index in [4.69, 9.17) is 0 Å².